The van der Waals surface area contributed by atoms with Crippen molar-refractivity contribution in [2.45, 2.75) is 13.1 Å². The number of hydrogen-bond acceptors (Lipinski definition) is 4. The summed E-state index contributed by atoms with van der Waals surface area (Å²) in [5, 5.41) is 6.80. The molecule has 9 heteroatoms. The van der Waals surface area contributed by atoms with Gasteiger partial charge in [0.1, 0.15) is 11.5 Å². The summed E-state index contributed by atoms with van der Waals surface area (Å²) in [6, 6.07) is 9.64. The van der Waals surface area contributed by atoms with Gasteiger partial charge in [-0.15, -0.1) is 0 Å². The van der Waals surface area contributed by atoms with Gasteiger partial charge in [-0.05, 0) is 25.1 Å². The van der Waals surface area contributed by atoms with Crippen LogP contribution in [-0.4, -0.2) is 29.9 Å². The normalized spacial score (nSPS) is 11.2. The average molecular weight is 405 g/mol. The number of nitrogens with zero attached hydrogens (tertiary/aromatic N) is 2. The molecule has 152 valence electrons. The molecular weight excluding hydrogens is 387 g/mol. The highest BCUT2D eigenvalue weighted by Gasteiger charge is 2.30. The molecule has 1 aromatic heterocycles. The molecule has 3 aromatic rings. The molecule has 6 nitrogen and oxygen atoms in total. The molecule has 0 atom stereocenters. The van der Waals surface area contributed by atoms with E-state index in [1.807, 2.05) is 0 Å². The van der Waals surface area contributed by atoms with Crippen LogP contribution in [0.25, 0.3) is 5.69 Å². The van der Waals surface area contributed by atoms with E-state index in [-0.39, 0.29) is 11.3 Å². The van der Waals surface area contributed by atoms with E-state index in [0.29, 0.717) is 22.9 Å². The Kier molecular flexibility index (Phi) is 5.49. The van der Waals surface area contributed by atoms with Crippen molar-refractivity contribution in [3.05, 3.63) is 65.5 Å². The zero-order valence-corrected chi connectivity index (χ0v) is 15.9. The highest BCUT2D eigenvalue weighted by Crippen LogP contribution is 2.31. The fourth-order valence-corrected chi connectivity index (χ4v) is 2.78. The van der Waals surface area contributed by atoms with E-state index in [0.717, 1.165) is 12.1 Å². The van der Waals surface area contributed by atoms with Gasteiger partial charge in [-0.2, -0.15) is 18.3 Å². The zero-order valence-electron chi connectivity index (χ0n) is 15.9. The average Bonchev–Trinajstić information content (AvgIpc) is 3.08. The van der Waals surface area contributed by atoms with Crippen LogP contribution in [0.3, 0.4) is 0 Å². The largest absolute Gasteiger partial charge is 0.497 e. The first-order chi connectivity index (χ1) is 13.7. The van der Waals surface area contributed by atoms with Gasteiger partial charge in [-0.1, -0.05) is 6.07 Å². The molecule has 0 saturated carbocycles. The Bertz CT molecular complexity index is 1020. The summed E-state index contributed by atoms with van der Waals surface area (Å²) >= 11 is 0. The molecule has 0 aliphatic heterocycles. The van der Waals surface area contributed by atoms with Crippen LogP contribution in [-0.2, 0) is 6.18 Å². The van der Waals surface area contributed by atoms with Crippen molar-refractivity contribution in [2.24, 2.45) is 0 Å². The van der Waals surface area contributed by atoms with Crippen LogP contribution >= 0.6 is 0 Å². The van der Waals surface area contributed by atoms with Gasteiger partial charge >= 0.3 is 6.18 Å². The second-order valence-electron chi connectivity index (χ2n) is 6.16. The van der Waals surface area contributed by atoms with Gasteiger partial charge in [0.05, 0.1) is 42.9 Å². The lowest BCUT2D eigenvalue weighted by Gasteiger charge is -2.11. The third-order valence-electron chi connectivity index (χ3n) is 4.28. The predicted molar refractivity (Wildman–Crippen MR) is 101 cm³/mol. The number of anilines is 1. The van der Waals surface area contributed by atoms with Crippen molar-refractivity contribution >= 4 is 11.6 Å². The number of alkyl halides is 3. The summed E-state index contributed by atoms with van der Waals surface area (Å²) in [6.07, 6.45) is -3.16. The first kappa shape index (κ1) is 20.2. The van der Waals surface area contributed by atoms with Gasteiger partial charge in [0.25, 0.3) is 5.91 Å². The van der Waals surface area contributed by atoms with E-state index in [1.165, 1.54) is 37.2 Å². The summed E-state index contributed by atoms with van der Waals surface area (Å²) < 4.78 is 50.5. The predicted octanol–water partition coefficient (Wildman–Crippen LogP) is 4.47. The molecule has 1 N–H and O–H groups in total. The minimum atomic E-state index is -4.47. The highest BCUT2D eigenvalue weighted by atomic mass is 19.4. The Morgan fingerprint density at radius 2 is 1.72 bits per heavy atom. The molecular formula is C20H18F3N3O3. The molecule has 0 aliphatic carbocycles. The lowest BCUT2D eigenvalue weighted by atomic mass is 10.2. The molecule has 29 heavy (non-hydrogen) atoms. The van der Waals surface area contributed by atoms with Crippen LogP contribution in [0.4, 0.5) is 18.9 Å². The molecule has 0 fully saturated rings. The Balaban J connectivity index is 1.89. The van der Waals surface area contributed by atoms with Crippen LogP contribution in [0.2, 0.25) is 0 Å². The standard InChI is InChI=1S/C20H18F3N3O3/c1-12-18(19(27)25-14-8-16(28-2)10-17(9-14)29-3)11-24-26(12)15-6-4-5-13(7-15)20(21,22)23/h4-11H,1-3H3,(H,25,27). The van der Waals surface area contributed by atoms with Gasteiger partial charge in [0.2, 0.25) is 0 Å². The molecule has 0 saturated heterocycles. The number of carbonyl (C=O) groups excluding carboxylic acids is 1. The fraction of sp³-hybridized carbons (Fsp3) is 0.200. The quantitative estimate of drug-likeness (QED) is 0.680. The molecule has 2 aromatic carbocycles. The van der Waals surface area contributed by atoms with E-state index in [1.54, 1.807) is 25.1 Å². The first-order valence-electron chi connectivity index (χ1n) is 8.49. The van der Waals surface area contributed by atoms with Crippen molar-refractivity contribution in [3.8, 4) is 17.2 Å². The van der Waals surface area contributed by atoms with E-state index < -0.39 is 17.6 Å². The minimum absolute atomic E-state index is 0.208. The molecule has 0 radical (unpaired) electrons. The van der Waals surface area contributed by atoms with Crippen LogP contribution in [0, 0.1) is 6.92 Å². The third-order valence-corrected chi connectivity index (χ3v) is 4.28. The van der Waals surface area contributed by atoms with Crippen LogP contribution < -0.4 is 14.8 Å². The van der Waals surface area contributed by atoms with Crippen molar-refractivity contribution in [1.82, 2.24) is 9.78 Å². The monoisotopic (exact) mass is 405 g/mol. The highest BCUT2D eigenvalue weighted by molar-refractivity contribution is 6.05. The van der Waals surface area contributed by atoms with Gasteiger partial charge in [-0.3, -0.25) is 4.79 Å². The van der Waals surface area contributed by atoms with E-state index in [2.05, 4.69) is 10.4 Å². The smallest absolute Gasteiger partial charge is 0.416 e. The molecule has 1 amide bonds. The van der Waals surface area contributed by atoms with E-state index in [9.17, 15) is 18.0 Å². The van der Waals surface area contributed by atoms with Gasteiger partial charge in [-0.25, -0.2) is 4.68 Å². The van der Waals surface area contributed by atoms with Gasteiger partial charge in [0.15, 0.2) is 0 Å². The summed E-state index contributed by atoms with van der Waals surface area (Å²) in [5.74, 6) is 0.531. The van der Waals surface area contributed by atoms with Gasteiger partial charge < -0.3 is 14.8 Å². The summed E-state index contributed by atoms with van der Waals surface area (Å²) in [7, 11) is 2.98. The Labute approximate surface area is 164 Å². The van der Waals surface area contributed by atoms with Crippen LogP contribution in [0.5, 0.6) is 11.5 Å². The van der Waals surface area contributed by atoms with Gasteiger partial charge in [0, 0.05) is 23.9 Å². The summed E-state index contributed by atoms with van der Waals surface area (Å²) in [5.41, 5.74) is 0.483. The Morgan fingerprint density at radius 1 is 1.07 bits per heavy atom. The number of ether oxygens (including phenoxy) is 2. The number of amides is 1. The molecule has 0 spiro atoms. The van der Waals surface area contributed by atoms with E-state index >= 15 is 0 Å². The van der Waals surface area contributed by atoms with Crippen LogP contribution in [0.1, 0.15) is 21.6 Å². The van der Waals surface area contributed by atoms with E-state index in [4.69, 9.17) is 9.47 Å². The maximum atomic E-state index is 13.0. The SMILES string of the molecule is COc1cc(NC(=O)c2cnn(-c3cccc(C(F)(F)F)c3)c2C)cc(OC)c1. The maximum Gasteiger partial charge on any atom is 0.416 e. The number of rotatable bonds is 5. The van der Waals surface area contributed by atoms with Crippen molar-refractivity contribution in [1.29, 1.82) is 0 Å². The second kappa shape index (κ2) is 7.86. The van der Waals surface area contributed by atoms with Crippen molar-refractivity contribution in [3.63, 3.8) is 0 Å². The van der Waals surface area contributed by atoms with Crippen molar-refractivity contribution < 1.29 is 27.4 Å². The molecule has 1 heterocycles. The number of hydrogen-bond donors (Lipinski definition) is 1. The van der Waals surface area contributed by atoms with Crippen molar-refractivity contribution in [2.75, 3.05) is 19.5 Å². The number of halogens is 3. The lowest BCUT2D eigenvalue weighted by molar-refractivity contribution is -0.137. The Morgan fingerprint density at radius 3 is 2.31 bits per heavy atom. The number of aromatic nitrogens is 2. The third kappa shape index (κ3) is 4.34. The summed E-state index contributed by atoms with van der Waals surface area (Å²) in [4.78, 5) is 12.7. The number of methoxy groups -OCH3 is 2. The molecule has 0 bridgehead atoms. The number of carbonyl (C=O) groups is 1. The maximum absolute atomic E-state index is 13.0. The lowest BCUT2D eigenvalue weighted by Crippen LogP contribution is -2.13. The Hall–Kier alpha value is -3.49. The minimum Gasteiger partial charge on any atom is -0.497 e. The molecule has 0 unspecified atom stereocenters. The van der Waals surface area contributed by atoms with Crippen LogP contribution in [0.15, 0.2) is 48.7 Å². The zero-order chi connectivity index (χ0) is 21.2. The topological polar surface area (TPSA) is 65.4 Å². The fourth-order valence-electron chi connectivity index (χ4n) is 2.78. The first-order valence-corrected chi connectivity index (χ1v) is 8.49. The summed E-state index contributed by atoms with van der Waals surface area (Å²) in [6.45, 7) is 1.61. The molecule has 0 aliphatic rings. The second-order valence-corrected chi connectivity index (χ2v) is 6.16. The molecule has 3 rings (SSSR count). The number of benzene rings is 2. The number of nitrogens with one attached hydrogen (secondary N) is 1.